The molecule has 2 rings (SSSR count). The van der Waals surface area contributed by atoms with Crippen LogP contribution in [0, 0.1) is 5.92 Å². The molecule has 15 heavy (non-hydrogen) atoms. The molecule has 0 N–H and O–H groups in total. The lowest BCUT2D eigenvalue weighted by molar-refractivity contribution is 0.482. The second-order valence-corrected chi connectivity index (χ2v) is 4.39. The molecule has 0 amide bonds. The van der Waals surface area contributed by atoms with Crippen LogP contribution in [0.2, 0.25) is 0 Å². The molecule has 0 aromatic heterocycles. The van der Waals surface area contributed by atoms with Crippen molar-refractivity contribution >= 4 is 0 Å². The van der Waals surface area contributed by atoms with Crippen LogP contribution in [-0.4, -0.2) is 0 Å². The normalized spacial score (nSPS) is 20.5. The van der Waals surface area contributed by atoms with Crippen LogP contribution in [0.5, 0.6) is 0 Å². The van der Waals surface area contributed by atoms with Gasteiger partial charge in [-0.3, -0.25) is 0 Å². The minimum absolute atomic E-state index is 0.808. The summed E-state index contributed by atoms with van der Waals surface area (Å²) in [6, 6.07) is 10.7. The summed E-state index contributed by atoms with van der Waals surface area (Å²) in [6.45, 7) is 4.03. The number of aryl methyl sites for hydroxylation is 1. The number of allylic oxidation sites excluding steroid dienone is 3. The summed E-state index contributed by atoms with van der Waals surface area (Å²) in [6.07, 6.45) is 9.33. The van der Waals surface area contributed by atoms with Crippen LogP contribution >= 0.6 is 0 Å². The topological polar surface area (TPSA) is 0 Å². The molecule has 0 spiro atoms. The molecular weight excluding hydrogens is 180 g/mol. The van der Waals surface area contributed by atoms with Crippen molar-refractivity contribution in [2.24, 2.45) is 5.92 Å². The summed E-state index contributed by atoms with van der Waals surface area (Å²) >= 11 is 0. The maximum absolute atomic E-state index is 4.03. The van der Waals surface area contributed by atoms with Crippen molar-refractivity contribution in [3.8, 4) is 0 Å². The smallest absolute Gasteiger partial charge is 0.0253 e. The van der Waals surface area contributed by atoms with Gasteiger partial charge in [-0.2, -0.15) is 0 Å². The van der Waals surface area contributed by atoms with E-state index in [-0.39, 0.29) is 0 Å². The second-order valence-electron chi connectivity index (χ2n) is 4.39. The van der Waals surface area contributed by atoms with Gasteiger partial charge in [-0.15, -0.1) is 0 Å². The molecule has 0 saturated carbocycles. The van der Waals surface area contributed by atoms with Gasteiger partial charge < -0.3 is 0 Å². The first-order valence-electron chi connectivity index (χ1n) is 5.73. The molecule has 1 aliphatic carbocycles. The van der Waals surface area contributed by atoms with Crippen LogP contribution in [0.25, 0.3) is 0 Å². The first-order valence-corrected chi connectivity index (χ1v) is 5.73. The monoisotopic (exact) mass is 198 g/mol. The highest BCUT2D eigenvalue weighted by atomic mass is 14.2. The summed E-state index contributed by atoms with van der Waals surface area (Å²) < 4.78 is 0. The van der Waals surface area contributed by atoms with E-state index in [1.165, 1.54) is 36.8 Å². The van der Waals surface area contributed by atoms with Gasteiger partial charge >= 0.3 is 0 Å². The molecule has 0 saturated heterocycles. The van der Waals surface area contributed by atoms with Crippen LogP contribution in [0.1, 0.15) is 24.8 Å². The van der Waals surface area contributed by atoms with E-state index in [2.05, 4.69) is 49.1 Å². The summed E-state index contributed by atoms with van der Waals surface area (Å²) in [5.74, 6) is 0.808. The fourth-order valence-electron chi connectivity index (χ4n) is 2.18. The molecule has 0 aliphatic heterocycles. The molecule has 0 radical (unpaired) electrons. The van der Waals surface area contributed by atoms with Gasteiger partial charge in [0.25, 0.3) is 0 Å². The Balaban J connectivity index is 1.84. The highest BCUT2D eigenvalue weighted by Crippen LogP contribution is 2.25. The van der Waals surface area contributed by atoms with Gasteiger partial charge in [0.2, 0.25) is 0 Å². The van der Waals surface area contributed by atoms with Gasteiger partial charge in [-0.25, -0.2) is 0 Å². The van der Waals surface area contributed by atoms with Gasteiger partial charge in [-0.1, -0.05) is 54.6 Å². The van der Waals surface area contributed by atoms with E-state index in [9.17, 15) is 0 Å². The average Bonchev–Trinajstić information content (AvgIpc) is 2.28. The van der Waals surface area contributed by atoms with E-state index in [0.717, 1.165) is 5.92 Å². The Bertz CT molecular complexity index is 346. The molecule has 0 nitrogen and oxygen atoms in total. The van der Waals surface area contributed by atoms with Gasteiger partial charge in [0.05, 0.1) is 0 Å². The molecular formula is C15H18. The van der Waals surface area contributed by atoms with Crippen LogP contribution in [0.4, 0.5) is 0 Å². The lowest BCUT2D eigenvalue weighted by Crippen LogP contribution is -2.05. The first-order chi connectivity index (χ1) is 7.34. The third-order valence-corrected chi connectivity index (χ3v) is 3.06. The van der Waals surface area contributed by atoms with Crippen molar-refractivity contribution < 1.29 is 0 Å². The molecule has 1 unspecified atom stereocenters. The van der Waals surface area contributed by atoms with Crippen molar-refractivity contribution in [3.63, 3.8) is 0 Å². The third-order valence-electron chi connectivity index (χ3n) is 3.06. The third kappa shape index (κ3) is 3.09. The highest BCUT2D eigenvalue weighted by Gasteiger charge is 2.11. The second kappa shape index (κ2) is 4.97. The Morgan fingerprint density at radius 3 is 2.73 bits per heavy atom. The molecule has 0 heteroatoms. The Hall–Kier alpha value is -1.30. The summed E-state index contributed by atoms with van der Waals surface area (Å²) in [5, 5.41) is 0. The summed E-state index contributed by atoms with van der Waals surface area (Å²) in [5.41, 5.74) is 2.75. The zero-order chi connectivity index (χ0) is 10.5. The van der Waals surface area contributed by atoms with Gasteiger partial charge in [0.1, 0.15) is 0 Å². The van der Waals surface area contributed by atoms with E-state index in [4.69, 9.17) is 0 Å². The quantitative estimate of drug-likeness (QED) is 0.684. The van der Waals surface area contributed by atoms with Crippen molar-refractivity contribution in [3.05, 3.63) is 60.2 Å². The predicted molar refractivity (Wildman–Crippen MR) is 65.8 cm³/mol. The van der Waals surface area contributed by atoms with Gasteiger partial charge in [0.15, 0.2) is 0 Å². The van der Waals surface area contributed by atoms with Crippen LogP contribution in [-0.2, 0) is 6.42 Å². The number of hydrogen-bond donors (Lipinski definition) is 0. The average molecular weight is 198 g/mol. The molecule has 1 atom stereocenters. The van der Waals surface area contributed by atoms with Crippen LogP contribution < -0.4 is 0 Å². The van der Waals surface area contributed by atoms with E-state index in [0.29, 0.717) is 0 Å². The molecule has 1 aliphatic rings. The molecule has 1 aromatic carbocycles. The first kappa shape index (κ1) is 10.2. The van der Waals surface area contributed by atoms with E-state index in [1.807, 2.05) is 0 Å². The Morgan fingerprint density at radius 2 is 2.00 bits per heavy atom. The molecule has 0 bridgehead atoms. The number of hydrogen-bond acceptors (Lipinski definition) is 0. The SMILES string of the molecule is C=C1C=CCC(CCc2ccccc2)C1. The van der Waals surface area contributed by atoms with E-state index < -0.39 is 0 Å². The van der Waals surface area contributed by atoms with E-state index in [1.54, 1.807) is 0 Å². The Kier molecular flexibility index (Phi) is 3.39. The van der Waals surface area contributed by atoms with Crippen molar-refractivity contribution in [2.75, 3.05) is 0 Å². The van der Waals surface area contributed by atoms with Crippen LogP contribution in [0.15, 0.2) is 54.6 Å². The zero-order valence-corrected chi connectivity index (χ0v) is 9.15. The number of rotatable bonds is 3. The molecule has 0 fully saturated rings. The van der Waals surface area contributed by atoms with Crippen LogP contribution in [0.3, 0.4) is 0 Å². The minimum Gasteiger partial charge on any atom is -0.0958 e. The predicted octanol–water partition coefficient (Wildman–Crippen LogP) is 4.14. The maximum atomic E-state index is 4.03. The molecule has 1 aromatic rings. The molecule has 78 valence electrons. The lowest BCUT2D eigenvalue weighted by Gasteiger charge is -2.18. The highest BCUT2D eigenvalue weighted by molar-refractivity contribution is 5.19. The Morgan fingerprint density at radius 1 is 1.20 bits per heavy atom. The van der Waals surface area contributed by atoms with Gasteiger partial charge in [0, 0.05) is 0 Å². The summed E-state index contributed by atoms with van der Waals surface area (Å²) in [4.78, 5) is 0. The fraction of sp³-hybridized carbons (Fsp3) is 0.333. The summed E-state index contributed by atoms with van der Waals surface area (Å²) in [7, 11) is 0. The lowest BCUT2D eigenvalue weighted by atomic mass is 9.87. The molecule has 0 heterocycles. The van der Waals surface area contributed by atoms with E-state index >= 15 is 0 Å². The van der Waals surface area contributed by atoms with Crippen molar-refractivity contribution in [2.45, 2.75) is 25.7 Å². The van der Waals surface area contributed by atoms with Gasteiger partial charge in [-0.05, 0) is 37.2 Å². The van der Waals surface area contributed by atoms with Crippen molar-refractivity contribution in [1.29, 1.82) is 0 Å². The largest absolute Gasteiger partial charge is 0.0958 e. The fourth-order valence-corrected chi connectivity index (χ4v) is 2.18. The maximum Gasteiger partial charge on any atom is -0.0253 e. The zero-order valence-electron chi connectivity index (χ0n) is 9.15. The number of benzene rings is 1. The standard InChI is InChI=1S/C15H18/c1-13-6-5-9-15(12-13)11-10-14-7-3-2-4-8-14/h2-8,15H,1,9-12H2. The Labute approximate surface area is 92.3 Å². The minimum atomic E-state index is 0.808. The van der Waals surface area contributed by atoms with Crippen molar-refractivity contribution in [1.82, 2.24) is 0 Å².